The van der Waals surface area contributed by atoms with Gasteiger partial charge in [-0.25, -0.2) is 9.78 Å². The Bertz CT molecular complexity index is 1900. The topological polar surface area (TPSA) is 165 Å². The standard InChI is InChI=1S/C31H28N8O4/c1-18-35-25-28(39(18)17-19-7-4-3-5-8-19)36-31(42-22-10-6-9-21(15-22)27-34-13-14-38(27)2)37-29(25)43-24-16-20(26(32)33)11-12-23(24)30(40)41/h3-12,15-16H,13-14,17H2,1-2H3,(H3,32,33)(H,40,41). The van der Waals surface area contributed by atoms with Gasteiger partial charge < -0.3 is 29.8 Å². The van der Waals surface area contributed by atoms with Gasteiger partial charge in [-0.2, -0.15) is 9.97 Å². The molecule has 5 aromatic rings. The number of carboxylic acid groups (broad SMARTS) is 1. The van der Waals surface area contributed by atoms with Crippen LogP contribution in [-0.2, 0) is 6.54 Å². The van der Waals surface area contributed by atoms with Gasteiger partial charge in [0.05, 0.1) is 13.1 Å². The van der Waals surface area contributed by atoms with Crippen molar-refractivity contribution in [3.63, 3.8) is 0 Å². The van der Waals surface area contributed by atoms with E-state index in [0.717, 1.165) is 30.1 Å². The van der Waals surface area contributed by atoms with Gasteiger partial charge in [0, 0.05) is 24.7 Å². The van der Waals surface area contributed by atoms with E-state index in [1.807, 2.05) is 67.1 Å². The summed E-state index contributed by atoms with van der Waals surface area (Å²) < 4.78 is 14.2. The molecule has 43 heavy (non-hydrogen) atoms. The molecule has 1 aliphatic heterocycles. The number of rotatable bonds is 9. The number of nitrogen functional groups attached to an aromatic ring is 1. The summed E-state index contributed by atoms with van der Waals surface area (Å²) in [6.07, 6.45) is 0. The minimum atomic E-state index is -1.21. The maximum absolute atomic E-state index is 12.0. The second kappa shape index (κ2) is 11.2. The predicted molar refractivity (Wildman–Crippen MR) is 161 cm³/mol. The molecule has 1 aliphatic rings. The lowest BCUT2D eigenvalue weighted by Gasteiger charge is -2.15. The van der Waals surface area contributed by atoms with Gasteiger partial charge in [-0.3, -0.25) is 10.4 Å². The fourth-order valence-electron chi connectivity index (χ4n) is 4.84. The highest BCUT2D eigenvalue weighted by Gasteiger charge is 2.22. The van der Waals surface area contributed by atoms with Crippen molar-refractivity contribution in [2.75, 3.05) is 20.1 Å². The average molecular weight is 577 g/mol. The van der Waals surface area contributed by atoms with Crippen molar-refractivity contribution in [3.05, 3.63) is 101 Å². The number of imidazole rings is 1. The number of nitrogens with zero attached hydrogens (tertiary/aromatic N) is 6. The molecular formula is C31H28N8O4. The summed E-state index contributed by atoms with van der Waals surface area (Å²) in [6, 6.07) is 21.5. The number of carboxylic acids is 1. The fraction of sp³-hybridized carbons (Fsp3) is 0.161. The molecule has 0 unspecified atom stereocenters. The van der Waals surface area contributed by atoms with Gasteiger partial charge in [0.15, 0.2) is 11.2 Å². The van der Waals surface area contributed by atoms with Gasteiger partial charge in [0.2, 0.25) is 0 Å². The highest BCUT2D eigenvalue weighted by atomic mass is 16.5. The van der Waals surface area contributed by atoms with E-state index in [9.17, 15) is 9.90 Å². The summed E-state index contributed by atoms with van der Waals surface area (Å²) in [5.74, 6) is 0.499. The molecule has 0 radical (unpaired) electrons. The summed E-state index contributed by atoms with van der Waals surface area (Å²) in [4.78, 5) is 32.6. The number of aromatic nitrogens is 4. The number of ether oxygens (including phenoxy) is 2. The third-order valence-electron chi connectivity index (χ3n) is 7.01. The van der Waals surface area contributed by atoms with Crippen LogP contribution in [0, 0.1) is 12.3 Å². The number of benzene rings is 3. The summed E-state index contributed by atoms with van der Waals surface area (Å²) in [5.41, 5.74) is 8.53. The van der Waals surface area contributed by atoms with Gasteiger partial charge in [0.1, 0.15) is 34.6 Å². The van der Waals surface area contributed by atoms with E-state index in [2.05, 4.69) is 19.9 Å². The number of aryl methyl sites for hydroxylation is 1. The fourth-order valence-corrected chi connectivity index (χ4v) is 4.84. The molecule has 0 saturated heterocycles. The Balaban J connectivity index is 1.46. The maximum atomic E-state index is 12.0. The number of aliphatic imine (C=N–C) groups is 1. The normalized spacial score (nSPS) is 12.8. The molecule has 6 rings (SSSR count). The molecule has 0 atom stereocenters. The predicted octanol–water partition coefficient (Wildman–Crippen LogP) is 4.44. The van der Waals surface area contributed by atoms with Crippen LogP contribution >= 0.6 is 0 Å². The molecule has 12 nitrogen and oxygen atoms in total. The lowest BCUT2D eigenvalue weighted by molar-refractivity contribution is 0.0694. The Morgan fingerprint density at radius 1 is 1.02 bits per heavy atom. The molecule has 216 valence electrons. The van der Waals surface area contributed by atoms with Gasteiger partial charge in [-0.15, -0.1) is 0 Å². The SMILES string of the molecule is Cc1nc2c(Oc3cc(C(=N)N)ccc3C(=O)O)nc(Oc3cccc(C4=NCCN4C)c3)nc2n1Cc1ccccc1. The van der Waals surface area contributed by atoms with Crippen LogP contribution in [0.25, 0.3) is 11.2 Å². The number of nitrogens with two attached hydrogens (primary N) is 1. The quantitative estimate of drug-likeness (QED) is 0.170. The summed E-state index contributed by atoms with van der Waals surface area (Å²) >= 11 is 0. The molecule has 0 fully saturated rings. The Hall–Kier alpha value is -5.78. The first-order valence-corrected chi connectivity index (χ1v) is 13.5. The number of likely N-dealkylation sites (N-methyl/N-ethyl adjacent to an activating group) is 1. The zero-order valence-electron chi connectivity index (χ0n) is 23.5. The molecule has 0 aliphatic carbocycles. The molecular weight excluding hydrogens is 548 g/mol. The first-order valence-electron chi connectivity index (χ1n) is 13.5. The molecule has 2 aromatic heterocycles. The van der Waals surface area contributed by atoms with Crippen molar-refractivity contribution in [1.82, 2.24) is 24.4 Å². The van der Waals surface area contributed by atoms with Gasteiger partial charge in [-0.05, 0) is 36.8 Å². The third kappa shape index (κ3) is 5.58. The monoisotopic (exact) mass is 576 g/mol. The van der Waals surface area contributed by atoms with Crippen LogP contribution in [0.3, 0.4) is 0 Å². The van der Waals surface area contributed by atoms with Crippen LogP contribution in [0.5, 0.6) is 23.4 Å². The number of amidine groups is 2. The van der Waals surface area contributed by atoms with Crippen LogP contribution in [0.15, 0.2) is 77.8 Å². The van der Waals surface area contributed by atoms with Crippen molar-refractivity contribution < 1.29 is 19.4 Å². The average Bonchev–Trinajstić information content (AvgIpc) is 3.56. The Kier molecular flexibility index (Phi) is 7.16. The van der Waals surface area contributed by atoms with E-state index in [4.69, 9.17) is 25.6 Å². The van der Waals surface area contributed by atoms with Crippen molar-refractivity contribution in [2.45, 2.75) is 13.5 Å². The Labute approximate surface area is 246 Å². The second-order valence-corrected chi connectivity index (χ2v) is 10.0. The van der Waals surface area contributed by atoms with Gasteiger partial charge in [-0.1, -0.05) is 48.5 Å². The minimum Gasteiger partial charge on any atom is -0.478 e. The van der Waals surface area contributed by atoms with E-state index in [-0.39, 0.29) is 29.0 Å². The molecule has 0 saturated carbocycles. The zero-order chi connectivity index (χ0) is 30.1. The van der Waals surface area contributed by atoms with E-state index in [0.29, 0.717) is 34.8 Å². The largest absolute Gasteiger partial charge is 0.478 e. The Morgan fingerprint density at radius 2 is 1.84 bits per heavy atom. The smallest absolute Gasteiger partial charge is 0.339 e. The molecule has 12 heteroatoms. The van der Waals surface area contributed by atoms with E-state index >= 15 is 0 Å². The number of hydrogen-bond acceptors (Lipinski definition) is 9. The first kappa shape index (κ1) is 27.4. The van der Waals surface area contributed by atoms with Crippen LogP contribution in [0.4, 0.5) is 0 Å². The zero-order valence-corrected chi connectivity index (χ0v) is 23.5. The summed E-state index contributed by atoms with van der Waals surface area (Å²) in [6.45, 7) is 3.89. The highest BCUT2D eigenvalue weighted by molar-refractivity contribution is 6.00. The highest BCUT2D eigenvalue weighted by Crippen LogP contribution is 2.33. The maximum Gasteiger partial charge on any atom is 0.339 e. The third-order valence-corrected chi connectivity index (χ3v) is 7.01. The Morgan fingerprint density at radius 3 is 2.56 bits per heavy atom. The number of carbonyl (C=O) groups is 1. The van der Waals surface area contributed by atoms with Crippen LogP contribution in [0.2, 0.25) is 0 Å². The minimum absolute atomic E-state index is 0.00540. The van der Waals surface area contributed by atoms with Gasteiger partial charge >= 0.3 is 12.0 Å². The number of aromatic carboxylic acids is 1. The molecule has 0 amide bonds. The van der Waals surface area contributed by atoms with E-state index < -0.39 is 5.97 Å². The molecule has 0 spiro atoms. The number of fused-ring (bicyclic) bond motifs is 1. The van der Waals surface area contributed by atoms with Gasteiger partial charge in [0.25, 0.3) is 5.88 Å². The molecule has 3 aromatic carbocycles. The van der Waals surface area contributed by atoms with Crippen LogP contribution < -0.4 is 15.2 Å². The molecule has 4 N–H and O–H groups in total. The number of hydrogen-bond donors (Lipinski definition) is 3. The van der Waals surface area contributed by atoms with E-state index in [1.165, 1.54) is 18.2 Å². The van der Waals surface area contributed by atoms with Crippen LogP contribution in [-0.4, -0.2) is 67.3 Å². The first-order chi connectivity index (χ1) is 20.8. The lowest BCUT2D eigenvalue weighted by atomic mass is 10.1. The van der Waals surface area contributed by atoms with Crippen molar-refractivity contribution in [3.8, 4) is 23.4 Å². The van der Waals surface area contributed by atoms with E-state index in [1.54, 1.807) is 6.07 Å². The second-order valence-electron chi connectivity index (χ2n) is 10.0. The number of nitrogens with one attached hydrogen (secondary N) is 1. The summed E-state index contributed by atoms with van der Waals surface area (Å²) in [7, 11) is 1.99. The van der Waals surface area contributed by atoms with Crippen LogP contribution in [0.1, 0.15) is 32.9 Å². The van der Waals surface area contributed by atoms with Crippen molar-refractivity contribution in [1.29, 1.82) is 5.41 Å². The lowest BCUT2D eigenvalue weighted by Crippen LogP contribution is -2.23. The molecule has 3 heterocycles. The van der Waals surface area contributed by atoms with Crippen molar-refractivity contribution >= 4 is 28.8 Å². The van der Waals surface area contributed by atoms with Crippen molar-refractivity contribution in [2.24, 2.45) is 10.7 Å². The summed E-state index contributed by atoms with van der Waals surface area (Å²) in [5, 5.41) is 17.6. The molecule has 0 bridgehead atoms.